The highest BCUT2D eigenvalue weighted by molar-refractivity contribution is 5.79. The fraction of sp³-hybridized carbons (Fsp3) is 0.562. The Morgan fingerprint density at radius 2 is 1.68 bits per heavy atom. The van der Waals surface area contributed by atoms with E-state index < -0.39 is 11.4 Å². The minimum atomic E-state index is -0.764. The molecule has 1 saturated heterocycles. The quantitative estimate of drug-likeness (QED) is 0.267. The molecule has 0 bridgehead atoms. The average Bonchev–Trinajstić information content (AvgIpc) is 2.89. The van der Waals surface area contributed by atoms with E-state index in [1.807, 2.05) is 24.3 Å². The molecule has 6 heteroatoms. The summed E-state index contributed by atoms with van der Waals surface area (Å²) in [5.41, 5.74) is 2.72. The largest absolute Gasteiger partial charge is 0.494 e. The number of amides is 1. The number of carboxylic acids is 1. The maximum absolute atomic E-state index is 13.1. The fourth-order valence-electron chi connectivity index (χ4n) is 5.04. The van der Waals surface area contributed by atoms with Gasteiger partial charge in [0.1, 0.15) is 5.75 Å². The third kappa shape index (κ3) is 9.07. The van der Waals surface area contributed by atoms with Crippen molar-refractivity contribution in [3.8, 4) is 5.75 Å². The number of nitrogens with zero attached hydrogens (tertiary/aromatic N) is 1. The number of aliphatic carboxylic acids is 1. The van der Waals surface area contributed by atoms with Crippen LogP contribution in [0.1, 0.15) is 89.8 Å². The number of hydrogen-bond donors (Lipinski definition) is 2. The number of rotatable bonds is 14. The first-order valence-electron chi connectivity index (χ1n) is 14.2. The SMILES string of the molecule is CC(C)CC(NC(=O)Cc1ccc(OCCCCC(C)(C)C(=O)O)cc1)c1ccccc1N1CCCCC1. The summed E-state index contributed by atoms with van der Waals surface area (Å²) in [4.78, 5) is 26.8. The lowest BCUT2D eigenvalue weighted by atomic mass is 9.87. The van der Waals surface area contributed by atoms with Crippen molar-refractivity contribution in [2.75, 3.05) is 24.6 Å². The van der Waals surface area contributed by atoms with E-state index >= 15 is 0 Å². The van der Waals surface area contributed by atoms with Crippen LogP contribution in [-0.4, -0.2) is 36.7 Å². The van der Waals surface area contributed by atoms with Crippen molar-refractivity contribution in [3.63, 3.8) is 0 Å². The van der Waals surface area contributed by atoms with Crippen LogP contribution in [0.2, 0.25) is 0 Å². The van der Waals surface area contributed by atoms with Crippen molar-refractivity contribution in [1.29, 1.82) is 0 Å². The molecule has 2 aromatic carbocycles. The molecule has 6 nitrogen and oxygen atoms in total. The Morgan fingerprint density at radius 1 is 1.00 bits per heavy atom. The van der Waals surface area contributed by atoms with Crippen LogP contribution in [0.4, 0.5) is 5.69 Å². The summed E-state index contributed by atoms with van der Waals surface area (Å²) in [5.74, 6) is 0.486. The van der Waals surface area contributed by atoms with Crippen molar-refractivity contribution in [1.82, 2.24) is 5.32 Å². The molecule has 38 heavy (non-hydrogen) atoms. The molecule has 0 saturated carbocycles. The van der Waals surface area contributed by atoms with Gasteiger partial charge in [0.05, 0.1) is 24.5 Å². The van der Waals surface area contributed by atoms with Gasteiger partial charge in [-0.3, -0.25) is 9.59 Å². The van der Waals surface area contributed by atoms with Gasteiger partial charge in [-0.2, -0.15) is 0 Å². The predicted molar refractivity (Wildman–Crippen MR) is 154 cm³/mol. The first-order valence-corrected chi connectivity index (χ1v) is 14.2. The summed E-state index contributed by atoms with van der Waals surface area (Å²) in [6.07, 6.45) is 7.18. The fourth-order valence-corrected chi connectivity index (χ4v) is 5.04. The molecule has 0 spiro atoms. The zero-order chi connectivity index (χ0) is 27.5. The average molecular weight is 523 g/mol. The van der Waals surface area contributed by atoms with E-state index in [2.05, 4.69) is 48.3 Å². The summed E-state index contributed by atoms with van der Waals surface area (Å²) in [7, 11) is 0. The molecule has 1 amide bonds. The molecule has 0 aromatic heterocycles. The lowest BCUT2D eigenvalue weighted by Crippen LogP contribution is -2.34. The summed E-state index contributed by atoms with van der Waals surface area (Å²) in [6, 6.07) is 16.2. The van der Waals surface area contributed by atoms with Crippen LogP contribution < -0.4 is 15.0 Å². The number of carbonyl (C=O) groups is 2. The first-order chi connectivity index (χ1) is 18.2. The number of carbonyl (C=O) groups excluding carboxylic acids is 1. The van der Waals surface area contributed by atoms with Gasteiger partial charge in [0.2, 0.25) is 5.91 Å². The molecule has 0 radical (unpaired) electrons. The van der Waals surface area contributed by atoms with E-state index in [4.69, 9.17) is 4.74 Å². The Hall–Kier alpha value is -3.02. The molecule has 2 N–H and O–H groups in total. The summed E-state index contributed by atoms with van der Waals surface area (Å²) in [5, 5.41) is 12.6. The number of ether oxygens (including phenoxy) is 1. The van der Waals surface area contributed by atoms with Gasteiger partial charge in [-0.1, -0.05) is 44.2 Å². The van der Waals surface area contributed by atoms with E-state index in [9.17, 15) is 14.7 Å². The van der Waals surface area contributed by atoms with Crippen LogP contribution >= 0.6 is 0 Å². The smallest absolute Gasteiger partial charge is 0.309 e. The molecular weight excluding hydrogens is 476 g/mol. The molecule has 1 unspecified atom stereocenters. The van der Waals surface area contributed by atoms with Crippen molar-refractivity contribution in [2.24, 2.45) is 11.3 Å². The molecule has 3 rings (SSSR count). The number of para-hydroxylation sites is 1. The maximum atomic E-state index is 13.1. The number of nitrogens with one attached hydrogen (secondary N) is 1. The normalized spacial score (nSPS) is 14.8. The molecule has 1 aliphatic rings. The number of anilines is 1. The second-order valence-electron chi connectivity index (χ2n) is 11.7. The predicted octanol–water partition coefficient (Wildman–Crippen LogP) is 6.78. The first kappa shape index (κ1) is 29.5. The number of unbranched alkanes of at least 4 members (excludes halogenated alkanes) is 1. The monoisotopic (exact) mass is 522 g/mol. The minimum absolute atomic E-state index is 0.0191. The summed E-state index contributed by atoms with van der Waals surface area (Å²) < 4.78 is 5.83. The van der Waals surface area contributed by atoms with Crippen LogP contribution in [0.25, 0.3) is 0 Å². The molecule has 1 atom stereocenters. The zero-order valence-electron chi connectivity index (χ0n) is 23.7. The van der Waals surface area contributed by atoms with Gasteiger partial charge in [-0.15, -0.1) is 0 Å². The van der Waals surface area contributed by atoms with Crippen molar-refractivity contribution < 1.29 is 19.4 Å². The molecule has 1 heterocycles. The van der Waals surface area contributed by atoms with Gasteiger partial charge in [0.15, 0.2) is 0 Å². The molecular formula is C32H46N2O4. The van der Waals surface area contributed by atoms with Gasteiger partial charge in [-0.25, -0.2) is 0 Å². The van der Waals surface area contributed by atoms with Crippen LogP contribution in [0.15, 0.2) is 48.5 Å². The summed E-state index contributed by atoms with van der Waals surface area (Å²) >= 11 is 0. The van der Waals surface area contributed by atoms with Gasteiger partial charge in [-0.05, 0) is 94.0 Å². The van der Waals surface area contributed by atoms with E-state index in [1.165, 1.54) is 30.5 Å². The van der Waals surface area contributed by atoms with Crippen molar-refractivity contribution >= 4 is 17.6 Å². The summed E-state index contributed by atoms with van der Waals surface area (Å²) in [6.45, 7) is 10.6. The Bertz CT molecular complexity index is 1030. The Labute approximate surface area is 228 Å². The lowest BCUT2D eigenvalue weighted by Gasteiger charge is -2.33. The molecule has 1 fully saturated rings. The van der Waals surface area contributed by atoms with E-state index in [0.29, 0.717) is 25.4 Å². The molecule has 208 valence electrons. The van der Waals surface area contributed by atoms with Crippen LogP contribution in [0.3, 0.4) is 0 Å². The highest BCUT2D eigenvalue weighted by Crippen LogP contribution is 2.32. The van der Waals surface area contributed by atoms with Gasteiger partial charge < -0.3 is 20.1 Å². The van der Waals surface area contributed by atoms with Gasteiger partial charge in [0.25, 0.3) is 0 Å². The number of hydrogen-bond acceptors (Lipinski definition) is 4. The van der Waals surface area contributed by atoms with Gasteiger partial charge in [0, 0.05) is 18.8 Å². The number of benzene rings is 2. The van der Waals surface area contributed by atoms with Crippen LogP contribution in [0, 0.1) is 11.3 Å². The Morgan fingerprint density at radius 3 is 2.34 bits per heavy atom. The lowest BCUT2D eigenvalue weighted by molar-refractivity contribution is -0.147. The van der Waals surface area contributed by atoms with Crippen molar-refractivity contribution in [3.05, 3.63) is 59.7 Å². The second-order valence-corrected chi connectivity index (χ2v) is 11.7. The van der Waals surface area contributed by atoms with Gasteiger partial charge >= 0.3 is 5.97 Å². The highest BCUT2D eigenvalue weighted by atomic mass is 16.5. The maximum Gasteiger partial charge on any atom is 0.309 e. The number of piperidine rings is 1. The molecule has 2 aromatic rings. The van der Waals surface area contributed by atoms with E-state index in [0.717, 1.165) is 43.7 Å². The van der Waals surface area contributed by atoms with E-state index in [1.54, 1.807) is 13.8 Å². The number of carboxylic acid groups (broad SMARTS) is 1. The standard InChI is InChI=1S/C32H46N2O4/c1-24(2)22-28(27-12-6-7-13-29(27)34-19-9-5-10-20-34)33-30(35)23-25-14-16-26(17-15-25)38-21-11-8-18-32(3,4)31(36)37/h6-7,12-17,24,28H,5,8-11,18-23H2,1-4H3,(H,33,35)(H,36,37). The Balaban J connectivity index is 1.54. The van der Waals surface area contributed by atoms with Crippen LogP contribution in [-0.2, 0) is 16.0 Å². The third-order valence-electron chi connectivity index (χ3n) is 7.38. The second kappa shape index (κ2) is 14.2. The topological polar surface area (TPSA) is 78.9 Å². The van der Waals surface area contributed by atoms with Crippen molar-refractivity contribution in [2.45, 2.75) is 85.1 Å². The zero-order valence-corrected chi connectivity index (χ0v) is 23.7. The minimum Gasteiger partial charge on any atom is -0.494 e. The Kier molecular flexibility index (Phi) is 11.1. The third-order valence-corrected chi connectivity index (χ3v) is 7.38. The van der Waals surface area contributed by atoms with E-state index in [-0.39, 0.29) is 11.9 Å². The highest BCUT2D eigenvalue weighted by Gasteiger charge is 2.26. The molecule has 0 aliphatic carbocycles. The van der Waals surface area contributed by atoms with Crippen LogP contribution in [0.5, 0.6) is 5.75 Å². The molecule has 1 aliphatic heterocycles.